The van der Waals surface area contributed by atoms with Crippen molar-refractivity contribution in [3.05, 3.63) is 119 Å². The molecule has 6 aromatic rings. The van der Waals surface area contributed by atoms with Crippen LogP contribution < -0.4 is 4.74 Å². The molecule has 0 amide bonds. The molecule has 3 heterocycles. The maximum atomic E-state index is 6.74. The van der Waals surface area contributed by atoms with Gasteiger partial charge < -0.3 is 9.30 Å². The molecule has 278 valence electrons. The van der Waals surface area contributed by atoms with E-state index in [1.165, 1.54) is 51.9 Å². The summed E-state index contributed by atoms with van der Waals surface area (Å²) in [7, 11) is 0. The Morgan fingerprint density at radius 3 is 2.43 bits per heavy atom. The average molecular weight is 886 g/mol. The number of ether oxygens (including phenoxy) is 1. The first-order chi connectivity index (χ1) is 25.2. The molecule has 1 aliphatic carbocycles. The van der Waals surface area contributed by atoms with Crippen LogP contribution >= 0.6 is 0 Å². The zero-order chi connectivity index (χ0) is 36.5. The Labute approximate surface area is 331 Å². The van der Waals surface area contributed by atoms with E-state index in [4.69, 9.17) is 14.8 Å². The Kier molecular flexibility index (Phi) is 12.1. The van der Waals surface area contributed by atoms with Crippen LogP contribution in [0.5, 0.6) is 11.5 Å². The average Bonchev–Trinajstić information content (AvgIpc) is 3.63. The van der Waals surface area contributed by atoms with E-state index in [-0.39, 0.29) is 21.1 Å². The number of allylic oxidation sites excluding steroid dienone is 2. The summed E-state index contributed by atoms with van der Waals surface area (Å²) in [6, 6.07) is 28.8. The molecule has 5 nitrogen and oxygen atoms in total. The van der Waals surface area contributed by atoms with E-state index in [9.17, 15) is 0 Å². The van der Waals surface area contributed by atoms with Gasteiger partial charge in [0.1, 0.15) is 5.82 Å². The summed E-state index contributed by atoms with van der Waals surface area (Å²) in [4.78, 5) is 4.85. The number of benzene rings is 3. The van der Waals surface area contributed by atoms with Crippen LogP contribution in [0.15, 0.2) is 78.5 Å². The Bertz CT molecular complexity index is 2240. The fraction of sp³-hybridized carbons (Fsp3) is 0.404. The Morgan fingerprint density at radius 1 is 0.906 bits per heavy atom. The van der Waals surface area contributed by atoms with Gasteiger partial charge in [0.15, 0.2) is 0 Å². The number of rotatable bonds is 12. The predicted molar refractivity (Wildman–Crippen MR) is 215 cm³/mol. The van der Waals surface area contributed by atoms with Crippen LogP contribution in [-0.4, -0.2) is 19.3 Å². The second-order valence-corrected chi connectivity index (χ2v) is 15.7. The third-order valence-electron chi connectivity index (χ3n) is 10.7. The smallest absolute Gasteiger partial charge is 0.509 e. The Hall–Kier alpha value is -3.95. The van der Waals surface area contributed by atoms with Crippen molar-refractivity contribution in [1.29, 1.82) is 0 Å². The first-order valence-corrected chi connectivity index (χ1v) is 19.6. The number of hydrogen-bond acceptors (Lipinski definition) is 3. The van der Waals surface area contributed by atoms with Crippen LogP contribution in [0.1, 0.15) is 121 Å². The van der Waals surface area contributed by atoms with E-state index >= 15 is 0 Å². The van der Waals surface area contributed by atoms with Crippen molar-refractivity contribution in [2.24, 2.45) is 11.8 Å². The quantitative estimate of drug-likeness (QED) is 0.0908. The molecule has 3 aromatic carbocycles. The molecule has 0 saturated heterocycles. The number of aryl methyl sites for hydroxylation is 1. The van der Waals surface area contributed by atoms with Gasteiger partial charge in [-0.05, 0) is 91.6 Å². The molecule has 0 bridgehead atoms. The van der Waals surface area contributed by atoms with Crippen molar-refractivity contribution in [3.8, 4) is 23.0 Å². The molecule has 3 aromatic heterocycles. The predicted octanol–water partition coefficient (Wildman–Crippen LogP) is 12.4. The molecule has 0 radical (unpaired) electrons. The fourth-order valence-electron chi connectivity index (χ4n) is 8.32. The van der Waals surface area contributed by atoms with E-state index in [0.717, 1.165) is 60.0 Å². The third kappa shape index (κ3) is 7.83. The van der Waals surface area contributed by atoms with Crippen LogP contribution in [-0.2, 0) is 40.3 Å². The standard InChI is InChI=1S/C47H54N4O.Pt/c1-9-14-41-47(46-32(7)16-13-17-33(46)8)43(15-10-2)51(49-41)36-26-35(31(5)6)27-38(28-36)52-37-20-21-40-39-18-11-12-19-42(39)50(44(40)29-37)45-25-34(22-23-48-45)24-30(3)4;/h11-12,16,18-23,25-27,30-31,33,46H,9-10,13-15,17,24H2,1-8H3;/q-2;+2/t33-,46?;/m0./s1. The molecule has 1 unspecified atom stereocenters. The van der Waals surface area contributed by atoms with Crippen molar-refractivity contribution in [2.45, 2.75) is 112 Å². The van der Waals surface area contributed by atoms with E-state index < -0.39 is 0 Å². The second kappa shape index (κ2) is 16.6. The zero-order valence-corrected chi connectivity index (χ0v) is 35.0. The number of nitrogens with zero attached hydrogens (tertiary/aromatic N) is 4. The number of hydrogen-bond donors (Lipinski definition) is 0. The summed E-state index contributed by atoms with van der Waals surface area (Å²) in [6.07, 6.45) is 11.8. The van der Waals surface area contributed by atoms with Gasteiger partial charge in [0.2, 0.25) is 0 Å². The number of pyridine rings is 1. The summed E-state index contributed by atoms with van der Waals surface area (Å²) < 4.78 is 11.2. The van der Waals surface area contributed by atoms with Gasteiger partial charge in [-0.15, -0.1) is 41.3 Å². The number of para-hydroxylation sites is 1. The molecule has 0 fully saturated rings. The fourth-order valence-corrected chi connectivity index (χ4v) is 8.32. The van der Waals surface area contributed by atoms with Gasteiger partial charge in [0, 0.05) is 40.4 Å². The van der Waals surface area contributed by atoms with Crippen molar-refractivity contribution in [2.75, 3.05) is 0 Å². The van der Waals surface area contributed by atoms with E-state index in [1.54, 1.807) is 0 Å². The van der Waals surface area contributed by atoms with Crippen molar-refractivity contribution >= 4 is 21.8 Å². The number of fused-ring (bicyclic) bond motifs is 3. The molecule has 53 heavy (non-hydrogen) atoms. The van der Waals surface area contributed by atoms with Crippen LogP contribution in [0.25, 0.3) is 33.3 Å². The number of aromatic nitrogens is 4. The van der Waals surface area contributed by atoms with Gasteiger partial charge in [-0.25, -0.2) is 4.98 Å². The molecule has 0 aliphatic heterocycles. The van der Waals surface area contributed by atoms with Gasteiger partial charge in [-0.1, -0.05) is 96.7 Å². The summed E-state index contributed by atoms with van der Waals surface area (Å²) in [5.74, 6) is 4.08. The van der Waals surface area contributed by atoms with Crippen molar-refractivity contribution < 1.29 is 25.8 Å². The maximum Gasteiger partial charge on any atom is 2.00 e. The minimum absolute atomic E-state index is 0. The van der Waals surface area contributed by atoms with Crippen molar-refractivity contribution in [1.82, 2.24) is 19.3 Å². The monoisotopic (exact) mass is 885 g/mol. The van der Waals surface area contributed by atoms with E-state index in [2.05, 4.69) is 137 Å². The van der Waals surface area contributed by atoms with Crippen molar-refractivity contribution in [3.63, 3.8) is 0 Å². The summed E-state index contributed by atoms with van der Waals surface area (Å²) in [6.45, 7) is 18.3. The molecule has 7 rings (SSSR count). The molecule has 1 aliphatic rings. The van der Waals surface area contributed by atoms with Crippen LogP contribution in [0.2, 0.25) is 0 Å². The van der Waals surface area contributed by atoms with Gasteiger partial charge in [-0.2, -0.15) is 11.2 Å². The molecule has 0 spiro atoms. The summed E-state index contributed by atoms with van der Waals surface area (Å²) in [5.41, 5.74) is 11.0. The molecule has 6 heteroatoms. The second-order valence-electron chi connectivity index (χ2n) is 15.7. The van der Waals surface area contributed by atoms with Gasteiger partial charge in [0.05, 0.1) is 5.69 Å². The van der Waals surface area contributed by atoms with Gasteiger partial charge in [0.25, 0.3) is 0 Å². The van der Waals surface area contributed by atoms with Gasteiger partial charge >= 0.3 is 21.1 Å². The first-order valence-electron chi connectivity index (χ1n) is 19.6. The summed E-state index contributed by atoms with van der Waals surface area (Å²) in [5, 5.41) is 7.70. The molecular formula is C47H54N4OPt. The Morgan fingerprint density at radius 2 is 1.70 bits per heavy atom. The SMILES string of the molecule is CCCc1nn(-c2[c-]c(Oc3[c-]c4c(cc3)c3ccccc3n4-c3cc(CC(C)C)ccn3)cc(C(C)C)c2)c(CCC)c1C1C(C)=CCC[C@@H]1C.[Pt+2]. The normalized spacial score (nSPS) is 16.1. The molecule has 0 N–H and O–H groups in total. The van der Waals surface area contributed by atoms with E-state index in [1.807, 2.05) is 12.3 Å². The van der Waals surface area contributed by atoms with Gasteiger partial charge in [-0.3, -0.25) is 4.68 Å². The zero-order valence-electron chi connectivity index (χ0n) is 32.7. The van der Waals surface area contributed by atoms with Crippen LogP contribution in [0.4, 0.5) is 0 Å². The molecule has 0 saturated carbocycles. The largest absolute Gasteiger partial charge is 2.00 e. The van der Waals surface area contributed by atoms with Crippen LogP contribution in [0.3, 0.4) is 0 Å². The minimum Gasteiger partial charge on any atom is -0.509 e. The summed E-state index contributed by atoms with van der Waals surface area (Å²) >= 11 is 0. The van der Waals surface area contributed by atoms with E-state index in [0.29, 0.717) is 35.2 Å². The maximum absolute atomic E-state index is 6.74. The molecular weight excluding hydrogens is 832 g/mol. The third-order valence-corrected chi connectivity index (χ3v) is 10.7. The van der Waals surface area contributed by atoms with Crippen LogP contribution in [0, 0.1) is 24.0 Å². The first kappa shape index (κ1) is 38.8. The minimum atomic E-state index is 0. The Balaban J connectivity index is 0.00000481. The molecule has 2 atom stereocenters. The topological polar surface area (TPSA) is 44.9 Å².